The molecule has 1 saturated carbocycles. The van der Waals surface area contributed by atoms with Gasteiger partial charge in [-0.3, -0.25) is 9.69 Å². The number of carbonyl (C=O) groups is 1. The van der Waals surface area contributed by atoms with E-state index >= 15 is 0 Å². The number of aromatic nitrogens is 3. The number of likely N-dealkylation sites (tertiary alicyclic amines) is 2. The van der Waals surface area contributed by atoms with Gasteiger partial charge in [-0.2, -0.15) is 0 Å². The Labute approximate surface area is 160 Å². The molecule has 2 aliphatic heterocycles. The van der Waals surface area contributed by atoms with Crippen LogP contribution < -0.4 is 0 Å². The highest BCUT2D eigenvalue weighted by Crippen LogP contribution is 2.38. The fraction of sp³-hybridized carbons (Fsp3) is 0.571. The Morgan fingerprint density at radius 2 is 1.96 bits per heavy atom. The third kappa shape index (κ3) is 3.16. The molecule has 3 aliphatic rings. The molecule has 0 spiro atoms. The van der Waals surface area contributed by atoms with E-state index in [2.05, 4.69) is 15.2 Å². The number of para-hydroxylation sites is 1. The quantitative estimate of drug-likeness (QED) is 0.839. The Morgan fingerprint density at radius 3 is 2.78 bits per heavy atom. The summed E-state index contributed by atoms with van der Waals surface area (Å²) in [5.74, 6) is 0.639. The van der Waals surface area contributed by atoms with Crippen LogP contribution in [0.3, 0.4) is 0 Å². The Morgan fingerprint density at radius 1 is 1.11 bits per heavy atom. The van der Waals surface area contributed by atoms with E-state index in [0.29, 0.717) is 17.7 Å². The van der Waals surface area contributed by atoms with Gasteiger partial charge in [-0.15, -0.1) is 5.10 Å². The van der Waals surface area contributed by atoms with Crippen molar-refractivity contribution in [3.63, 3.8) is 0 Å². The van der Waals surface area contributed by atoms with Gasteiger partial charge < -0.3 is 4.90 Å². The van der Waals surface area contributed by atoms with Crippen molar-refractivity contribution < 1.29 is 4.79 Å². The summed E-state index contributed by atoms with van der Waals surface area (Å²) in [4.78, 5) is 17.8. The Hall–Kier alpha value is -2.21. The smallest absolute Gasteiger partial charge is 0.276 e. The van der Waals surface area contributed by atoms with Gasteiger partial charge in [-0.25, -0.2) is 4.68 Å². The number of amides is 1. The van der Waals surface area contributed by atoms with Crippen molar-refractivity contribution >= 4 is 5.91 Å². The van der Waals surface area contributed by atoms with Crippen molar-refractivity contribution in [2.24, 2.45) is 5.92 Å². The van der Waals surface area contributed by atoms with E-state index in [4.69, 9.17) is 0 Å². The van der Waals surface area contributed by atoms with Crippen LogP contribution >= 0.6 is 0 Å². The van der Waals surface area contributed by atoms with Crippen LogP contribution in [0.25, 0.3) is 5.69 Å². The molecule has 6 nitrogen and oxygen atoms in total. The number of hydrogen-bond donors (Lipinski definition) is 0. The van der Waals surface area contributed by atoms with Crippen molar-refractivity contribution in [2.45, 2.75) is 51.1 Å². The van der Waals surface area contributed by atoms with E-state index in [9.17, 15) is 4.79 Å². The van der Waals surface area contributed by atoms with E-state index < -0.39 is 0 Å². The first-order valence-electron chi connectivity index (χ1n) is 10.2. The summed E-state index contributed by atoms with van der Waals surface area (Å²) >= 11 is 0. The summed E-state index contributed by atoms with van der Waals surface area (Å²) in [7, 11) is 0. The molecule has 0 bridgehead atoms. The molecule has 142 valence electrons. The molecule has 0 N–H and O–H groups in total. The minimum Gasteiger partial charge on any atom is -0.337 e. The van der Waals surface area contributed by atoms with E-state index in [-0.39, 0.29) is 5.91 Å². The molecule has 1 aliphatic carbocycles. The van der Waals surface area contributed by atoms with Gasteiger partial charge in [-0.05, 0) is 63.1 Å². The van der Waals surface area contributed by atoms with Crippen LogP contribution in [0, 0.1) is 12.8 Å². The van der Waals surface area contributed by atoms with Gasteiger partial charge in [0.05, 0.1) is 11.9 Å². The van der Waals surface area contributed by atoms with Crippen molar-refractivity contribution in [3.8, 4) is 5.69 Å². The van der Waals surface area contributed by atoms with Crippen LogP contribution in [0.5, 0.6) is 0 Å². The minimum atomic E-state index is 0.0248. The molecule has 6 heteroatoms. The maximum atomic E-state index is 13.0. The average Bonchev–Trinajstić information content (AvgIpc) is 3.43. The van der Waals surface area contributed by atoms with Crippen LogP contribution in [-0.4, -0.2) is 62.4 Å². The molecule has 1 amide bonds. The monoisotopic (exact) mass is 365 g/mol. The average molecular weight is 365 g/mol. The highest BCUT2D eigenvalue weighted by Gasteiger charge is 2.42. The zero-order valence-corrected chi connectivity index (χ0v) is 15.9. The van der Waals surface area contributed by atoms with Crippen LogP contribution in [0.15, 0.2) is 30.5 Å². The topological polar surface area (TPSA) is 54.3 Å². The molecular formula is C21H27N5O. The molecule has 3 heterocycles. The second-order valence-corrected chi connectivity index (χ2v) is 8.31. The number of nitrogens with zero attached hydrogens (tertiary/aromatic N) is 5. The van der Waals surface area contributed by atoms with Crippen molar-refractivity contribution in [1.82, 2.24) is 24.8 Å². The third-order valence-corrected chi connectivity index (χ3v) is 6.49. The van der Waals surface area contributed by atoms with Gasteiger partial charge in [-0.1, -0.05) is 23.4 Å². The maximum absolute atomic E-state index is 13.0. The summed E-state index contributed by atoms with van der Waals surface area (Å²) in [6.45, 7) is 4.99. The number of hydrogen-bond acceptors (Lipinski definition) is 4. The molecule has 2 saturated heterocycles. The van der Waals surface area contributed by atoms with Crippen LogP contribution in [0.4, 0.5) is 0 Å². The largest absolute Gasteiger partial charge is 0.337 e. The van der Waals surface area contributed by atoms with Gasteiger partial charge in [0, 0.05) is 25.2 Å². The number of fused-ring (bicyclic) bond motifs is 1. The predicted octanol–water partition coefficient (Wildman–Crippen LogP) is 2.66. The molecule has 1 aromatic carbocycles. The second kappa shape index (κ2) is 6.75. The lowest BCUT2D eigenvalue weighted by Crippen LogP contribution is -2.55. The summed E-state index contributed by atoms with van der Waals surface area (Å²) in [6, 6.07) is 9.52. The standard InChI is InChI=1S/C21H27N5O/c1-15-5-2-3-7-19(15)26-14-18(22-23-26)21(27)24-12-10-20-16(13-24)6-4-11-25(20)17-8-9-17/h2-3,5,7,14,16-17,20H,4,6,8-13H2,1H3. The highest BCUT2D eigenvalue weighted by molar-refractivity contribution is 5.92. The van der Waals surface area contributed by atoms with Crippen molar-refractivity contribution in [3.05, 3.63) is 41.7 Å². The molecule has 2 aromatic rings. The normalized spacial score (nSPS) is 26.0. The van der Waals surface area contributed by atoms with Gasteiger partial charge >= 0.3 is 0 Å². The Bertz CT molecular complexity index is 843. The van der Waals surface area contributed by atoms with Crippen LogP contribution in [-0.2, 0) is 0 Å². The predicted molar refractivity (Wildman–Crippen MR) is 103 cm³/mol. The van der Waals surface area contributed by atoms with E-state index in [1.54, 1.807) is 10.9 Å². The Kier molecular flexibility index (Phi) is 4.23. The first-order valence-corrected chi connectivity index (χ1v) is 10.2. The number of carbonyl (C=O) groups excluding carboxylic acids is 1. The highest BCUT2D eigenvalue weighted by atomic mass is 16.2. The molecule has 1 aromatic heterocycles. The molecule has 3 fully saturated rings. The maximum Gasteiger partial charge on any atom is 0.276 e. The summed E-state index contributed by atoms with van der Waals surface area (Å²) < 4.78 is 1.71. The molecule has 5 rings (SSSR count). The lowest BCUT2D eigenvalue weighted by atomic mass is 9.83. The molecule has 2 unspecified atom stereocenters. The zero-order valence-electron chi connectivity index (χ0n) is 15.9. The molecular weight excluding hydrogens is 338 g/mol. The summed E-state index contributed by atoms with van der Waals surface area (Å²) in [5.41, 5.74) is 2.53. The third-order valence-electron chi connectivity index (χ3n) is 6.49. The van der Waals surface area contributed by atoms with Gasteiger partial charge in [0.15, 0.2) is 5.69 Å². The molecule has 2 atom stereocenters. The first-order chi connectivity index (χ1) is 13.2. The van der Waals surface area contributed by atoms with Crippen molar-refractivity contribution in [1.29, 1.82) is 0 Å². The van der Waals surface area contributed by atoms with Crippen molar-refractivity contribution in [2.75, 3.05) is 19.6 Å². The fourth-order valence-corrected chi connectivity index (χ4v) is 4.95. The van der Waals surface area contributed by atoms with Crippen LogP contribution in [0.1, 0.15) is 48.2 Å². The lowest BCUT2D eigenvalue weighted by Gasteiger charge is -2.47. The second-order valence-electron chi connectivity index (χ2n) is 8.31. The number of aryl methyl sites for hydroxylation is 1. The Balaban J connectivity index is 1.30. The number of rotatable bonds is 3. The fourth-order valence-electron chi connectivity index (χ4n) is 4.95. The van der Waals surface area contributed by atoms with E-state index in [0.717, 1.165) is 36.8 Å². The molecule has 27 heavy (non-hydrogen) atoms. The summed E-state index contributed by atoms with van der Waals surface area (Å²) in [5, 5.41) is 8.38. The molecule has 0 radical (unpaired) electrons. The number of piperidine rings is 2. The number of benzene rings is 1. The van der Waals surface area contributed by atoms with E-state index in [1.165, 1.54) is 32.2 Å². The van der Waals surface area contributed by atoms with E-state index in [1.807, 2.05) is 36.1 Å². The zero-order chi connectivity index (χ0) is 18.4. The SMILES string of the molecule is Cc1ccccc1-n1cc(C(=O)N2CCC3C(CCCN3C3CC3)C2)nn1. The summed E-state index contributed by atoms with van der Waals surface area (Å²) in [6.07, 6.45) is 8.12. The first kappa shape index (κ1) is 16.9. The van der Waals surface area contributed by atoms with Crippen LogP contribution in [0.2, 0.25) is 0 Å². The van der Waals surface area contributed by atoms with Gasteiger partial charge in [0.2, 0.25) is 0 Å². The minimum absolute atomic E-state index is 0.0248. The van der Waals surface area contributed by atoms with Gasteiger partial charge in [0.1, 0.15) is 0 Å². The van der Waals surface area contributed by atoms with Gasteiger partial charge in [0.25, 0.3) is 5.91 Å². The lowest BCUT2D eigenvalue weighted by molar-refractivity contribution is 0.0171.